The van der Waals surface area contributed by atoms with E-state index in [2.05, 4.69) is 34.7 Å². The molecular formula is C11H22BrN. The first kappa shape index (κ1) is 11.5. The molecule has 1 saturated heterocycles. The van der Waals surface area contributed by atoms with E-state index in [1.165, 1.54) is 38.8 Å². The smallest absolute Gasteiger partial charge is 0.0193 e. The average Bonchev–Trinajstić information content (AvgIpc) is 2.52. The van der Waals surface area contributed by atoms with Crippen LogP contribution in [0.3, 0.4) is 0 Å². The van der Waals surface area contributed by atoms with Crippen LogP contribution in [0, 0.1) is 5.92 Å². The maximum atomic E-state index is 3.60. The number of hydrogen-bond donors (Lipinski definition) is 0. The van der Waals surface area contributed by atoms with Gasteiger partial charge in [-0.1, -0.05) is 36.2 Å². The molecule has 0 bridgehead atoms. The molecule has 2 unspecified atom stereocenters. The van der Waals surface area contributed by atoms with Crippen molar-refractivity contribution in [3.05, 3.63) is 0 Å². The molecule has 1 nitrogen and oxygen atoms in total. The van der Waals surface area contributed by atoms with Gasteiger partial charge >= 0.3 is 0 Å². The van der Waals surface area contributed by atoms with Crippen molar-refractivity contribution in [2.24, 2.45) is 5.92 Å². The molecule has 0 aliphatic carbocycles. The topological polar surface area (TPSA) is 3.24 Å². The summed E-state index contributed by atoms with van der Waals surface area (Å²) in [5.41, 5.74) is 0. The molecule has 0 spiro atoms. The van der Waals surface area contributed by atoms with E-state index in [9.17, 15) is 0 Å². The largest absolute Gasteiger partial charge is 0.299 e. The number of nitrogens with zero attached hydrogens (tertiary/aromatic N) is 1. The number of alkyl halides is 1. The molecule has 1 rings (SSSR count). The van der Waals surface area contributed by atoms with E-state index in [1.54, 1.807) is 0 Å². The molecule has 0 radical (unpaired) electrons. The van der Waals surface area contributed by atoms with E-state index >= 15 is 0 Å². The molecule has 1 aliphatic heterocycles. The summed E-state index contributed by atoms with van der Waals surface area (Å²) in [5.74, 6) is 0.879. The molecule has 0 aromatic rings. The number of rotatable bonds is 5. The number of hydrogen-bond acceptors (Lipinski definition) is 1. The summed E-state index contributed by atoms with van der Waals surface area (Å²) in [5, 5.41) is 1.16. The zero-order chi connectivity index (χ0) is 9.68. The van der Waals surface area contributed by atoms with Gasteiger partial charge in [-0.25, -0.2) is 0 Å². The van der Waals surface area contributed by atoms with E-state index in [0.29, 0.717) is 0 Å². The second kappa shape index (κ2) is 6.02. The van der Waals surface area contributed by atoms with Crippen LogP contribution in [-0.2, 0) is 0 Å². The molecular weight excluding hydrogens is 226 g/mol. The number of halogens is 1. The molecule has 0 N–H and O–H groups in total. The first-order chi connectivity index (χ1) is 6.27. The summed E-state index contributed by atoms with van der Waals surface area (Å²) >= 11 is 3.60. The van der Waals surface area contributed by atoms with Crippen LogP contribution in [-0.4, -0.2) is 29.4 Å². The minimum atomic E-state index is 0.819. The highest BCUT2D eigenvalue weighted by Crippen LogP contribution is 2.21. The van der Waals surface area contributed by atoms with Crippen molar-refractivity contribution in [1.82, 2.24) is 4.90 Å². The zero-order valence-electron chi connectivity index (χ0n) is 8.93. The van der Waals surface area contributed by atoms with Crippen LogP contribution in [0.25, 0.3) is 0 Å². The lowest BCUT2D eigenvalue weighted by Gasteiger charge is -2.25. The Bertz CT molecular complexity index is 138. The lowest BCUT2D eigenvalue weighted by Crippen LogP contribution is -2.34. The Balaban J connectivity index is 2.26. The van der Waals surface area contributed by atoms with Gasteiger partial charge in [0.2, 0.25) is 0 Å². The van der Waals surface area contributed by atoms with Gasteiger partial charge in [-0.15, -0.1) is 0 Å². The Hall–Kier alpha value is 0.440. The SMILES string of the molecule is CCCC(C)CN1CCCC1CBr. The molecule has 1 fully saturated rings. The average molecular weight is 248 g/mol. The van der Waals surface area contributed by atoms with Crippen molar-refractivity contribution in [3.8, 4) is 0 Å². The summed E-state index contributed by atoms with van der Waals surface area (Å²) in [6.07, 6.45) is 5.50. The highest BCUT2D eigenvalue weighted by Gasteiger charge is 2.23. The Morgan fingerprint density at radius 1 is 1.54 bits per heavy atom. The van der Waals surface area contributed by atoms with Crippen LogP contribution in [0.2, 0.25) is 0 Å². The second-order valence-corrected chi connectivity index (χ2v) is 4.99. The van der Waals surface area contributed by atoms with Crippen LogP contribution >= 0.6 is 15.9 Å². The molecule has 0 saturated carbocycles. The summed E-state index contributed by atoms with van der Waals surface area (Å²) < 4.78 is 0. The number of likely N-dealkylation sites (tertiary alicyclic amines) is 1. The monoisotopic (exact) mass is 247 g/mol. The molecule has 78 valence electrons. The van der Waals surface area contributed by atoms with Crippen molar-refractivity contribution in [2.45, 2.75) is 45.6 Å². The molecule has 2 heteroatoms. The first-order valence-electron chi connectivity index (χ1n) is 5.58. The van der Waals surface area contributed by atoms with Crippen LogP contribution < -0.4 is 0 Å². The summed E-state index contributed by atoms with van der Waals surface area (Å²) in [7, 11) is 0. The third kappa shape index (κ3) is 3.59. The van der Waals surface area contributed by atoms with Crippen molar-refractivity contribution in [2.75, 3.05) is 18.4 Å². The minimum Gasteiger partial charge on any atom is -0.299 e. The molecule has 13 heavy (non-hydrogen) atoms. The lowest BCUT2D eigenvalue weighted by molar-refractivity contribution is 0.230. The maximum absolute atomic E-state index is 3.60. The Morgan fingerprint density at radius 3 is 2.92 bits per heavy atom. The predicted molar refractivity (Wildman–Crippen MR) is 62.5 cm³/mol. The fourth-order valence-electron chi connectivity index (χ4n) is 2.29. The summed E-state index contributed by atoms with van der Waals surface area (Å²) in [6, 6.07) is 0.819. The first-order valence-corrected chi connectivity index (χ1v) is 6.70. The minimum absolute atomic E-state index is 0.819. The maximum Gasteiger partial charge on any atom is 0.0193 e. The fraction of sp³-hybridized carbons (Fsp3) is 1.00. The molecule has 1 aliphatic rings. The van der Waals surface area contributed by atoms with Crippen LogP contribution in [0.15, 0.2) is 0 Å². The van der Waals surface area contributed by atoms with Gasteiger partial charge in [-0.05, 0) is 31.7 Å². The lowest BCUT2D eigenvalue weighted by atomic mass is 10.1. The molecule has 1 heterocycles. The third-order valence-electron chi connectivity index (χ3n) is 3.00. The Labute approximate surface area is 91.0 Å². The van der Waals surface area contributed by atoms with Gasteiger partial charge in [0.15, 0.2) is 0 Å². The van der Waals surface area contributed by atoms with Gasteiger partial charge in [-0.2, -0.15) is 0 Å². The van der Waals surface area contributed by atoms with Crippen molar-refractivity contribution in [1.29, 1.82) is 0 Å². The van der Waals surface area contributed by atoms with Gasteiger partial charge in [-0.3, -0.25) is 4.90 Å². The van der Waals surface area contributed by atoms with Crippen LogP contribution in [0.4, 0.5) is 0 Å². The van der Waals surface area contributed by atoms with E-state index in [1.807, 2.05) is 0 Å². The predicted octanol–water partition coefficient (Wildman–Crippen LogP) is 3.28. The fourth-order valence-corrected chi connectivity index (χ4v) is 3.03. The summed E-state index contributed by atoms with van der Waals surface area (Å²) in [4.78, 5) is 2.66. The quantitative estimate of drug-likeness (QED) is 0.675. The van der Waals surface area contributed by atoms with Crippen molar-refractivity contribution >= 4 is 15.9 Å². The van der Waals surface area contributed by atoms with Crippen molar-refractivity contribution < 1.29 is 0 Å². The van der Waals surface area contributed by atoms with Gasteiger partial charge in [0, 0.05) is 17.9 Å². The summed E-state index contributed by atoms with van der Waals surface area (Å²) in [6.45, 7) is 7.30. The van der Waals surface area contributed by atoms with Gasteiger partial charge in [0.1, 0.15) is 0 Å². The van der Waals surface area contributed by atoms with Crippen molar-refractivity contribution in [3.63, 3.8) is 0 Å². The van der Waals surface area contributed by atoms with Gasteiger partial charge in [0.25, 0.3) is 0 Å². The third-order valence-corrected chi connectivity index (χ3v) is 3.75. The standard InChI is InChI=1S/C11H22BrN/c1-3-5-10(2)9-13-7-4-6-11(13)8-12/h10-11H,3-9H2,1-2H3. The molecule has 2 atom stereocenters. The van der Waals surface area contributed by atoms with E-state index in [4.69, 9.17) is 0 Å². The second-order valence-electron chi connectivity index (χ2n) is 4.34. The van der Waals surface area contributed by atoms with Gasteiger partial charge in [0.05, 0.1) is 0 Å². The van der Waals surface area contributed by atoms with Gasteiger partial charge < -0.3 is 0 Å². The van der Waals surface area contributed by atoms with Crippen LogP contribution in [0.1, 0.15) is 39.5 Å². The highest BCUT2D eigenvalue weighted by atomic mass is 79.9. The van der Waals surface area contributed by atoms with Crippen LogP contribution in [0.5, 0.6) is 0 Å². The molecule has 0 aromatic heterocycles. The highest BCUT2D eigenvalue weighted by molar-refractivity contribution is 9.09. The zero-order valence-corrected chi connectivity index (χ0v) is 10.5. The molecule has 0 amide bonds. The Morgan fingerprint density at radius 2 is 2.31 bits per heavy atom. The molecule has 0 aromatic carbocycles. The normalized spacial score (nSPS) is 26.5. The van der Waals surface area contributed by atoms with E-state index in [0.717, 1.165) is 17.3 Å². The van der Waals surface area contributed by atoms with E-state index in [-0.39, 0.29) is 0 Å². The van der Waals surface area contributed by atoms with E-state index < -0.39 is 0 Å². The Kier molecular flexibility index (Phi) is 5.34.